The van der Waals surface area contributed by atoms with Crippen LogP contribution in [0.4, 0.5) is 11.4 Å². The van der Waals surface area contributed by atoms with E-state index >= 15 is 0 Å². The van der Waals surface area contributed by atoms with Gasteiger partial charge in [-0.05, 0) is 56.0 Å². The molecule has 0 amide bonds. The monoisotopic (exact) mass is 630 g/mol. The molecule has 6 heteroatoms. The standard InChI is InChI=1S/C40H58N2O4/c1-5-9-13-17-25-41(26-18-14-10-6-2)31-21-23-33-35(29-31)38(46-40(33)44)39-37(43)34-24-22-32(30-36(34)45-39)42(27-19-15-11-7-3)28-20-16-12-8-4/h21-24,29-30H,5-20,25-28H2,1-4H3/b39-38+. The van der Waals surface area contributed by atoms with E-state index in [1.54, 1.807) is 0 Å². The van der Waals surface area contributed by atoms with E-state index in [-0.39, 0.29) is 17.3 Å². The minimum atomic E-state index is -0.431. The summed E-state index contributed by atoms with van der Waals surface area (Å²) in [7, 11) is 0. The highest BCUT2D eigenvalue weighted by atomic mass is 16.6. The number of carbonyl (C=O) groups excluding carboxylic acids is 2. The van der Waals surface area contributed by atoms with Crippen LogP contribution in [0.3, 0.4) is 0 Å². The molecule has 0 aliphatic carbocycles. The van der Waals surface area contributed by atoms with Crippen molar-refractivity contribution in [3.8, 4) is 5.75 Å². The Morgan fingerprint density at radius 3 is 1.41 bits per heavy atom. The number of benzene rings is 2. The molecular weight excluding hydrogens is 572 g/mol. The van der Waals surface area contributed by atoms with Crippen LogP contribution < -0.4 is 14.5 Å². The molecule has 4 rings (SSSR count). The normalized spacial score (nSPS) is 15.1. The quantitative estimate of drug-likeness (QED) is 0.0733. The van der Waals surface area contributed by atoms with Gasteiger partial charge in [-0.15, -0.1) is 0 Å². The first-order chi connectivity index (χ1) is 22.5. The number of carbonyl (C=O) groups is 2. The molecular formula is C40H58N2O4. The molecule has 0 aromatic heterocycles. The summed E-state index contributed by atoms with van der Waals surface area (Å²) in [6.07, 6.45) is 19.3. The largest absolute Gasteiger partial charge is 0.448 e. The lowest BCUT2D eigenvalue weighted by molar-refractivity contribution is 0.0710. The Labute approximate surface area is 278 Å². The topological polar surface area (TPSA) is 59.1 Å². The van der Waals surface area contributed by atoms with Crippen LogP contribution in [0.15, 0.2) is 42.2 Å². The van der Waals surface area contributed by atoms with Gasteiger partial charge in [-0.3, -0.25) is 4.79 Å². The highest BCUT2D eigenvalue weighted by Crippen LogP contribution is 2.42. The van der Waals surface area contributed by atoms with Gasteiger partial charge < -0.3 is 19.3 Å². The SMILES string of the molecule is CCCCCCN(CCCCCC)c1ccc2c(c1)O/C(=C1/OC(=O)c3ccc(N(CCCCCC)CCCCCC)cc31)C2=O. The first-order valence-corrected chi connectivity index (χ1v) is 18.5. The molecule has 0 saturated carbocycles. The van der Waals surface area contributed by atoms with E-state index in [2.05, 4.69) is 43.6 Å². The zero-order chi connectivity index (χ0) is 32.7. The van der Waals surface area contributed by atoms with Crippen LogP contribution in [0.1, 0.15) is 157 Å². The number of esters is 1. The summed E-state index contributed by atoms with van der Waals surface area (Å²) < 4.78 is 12.1. The molecule has 6 nitrogen and oxygen atoms in total. The predicted octanol–water partition coefficient (Wildman–Crippen LogP) is 10.7. The molecule has 0 atom stereocenters. The van der Waals surface area contributed by atoms with Crippen molar-refractivity contribution in [3.05, 3.63) is 58.8 Å². The van der Waals surface area contributed by atoms with E-state index in [9.17, 15) is 9.59 Å². The average Bonchev–Trinajstić information content (AvgIpc) is 3.58. The molecule has 0 fully saturated rings. The highest BCUT2D eigenvalue weighted by Gasteiger charge is 2.38. The van der Waals surface area contributed by atoms with Gasteiger partial charge in [-0.1, -0.05) is 105 Å². The smallest absolute Gasteiger partial charge is 0.344 e. The van der Waals surface area contributed by atoms with Gasteiger partial charge in [0.05, 0.1) is 11.1 Å². The first kappa shape index (κ1) is 35.6. The summed E-state index contributed by atoms with van der Waals surface area (Å²) in [5, 5.41) is 0. The Morgan fingerprint density at radius 2 is 0.935 bits per heavy atom. The number of ether oxygens (including phenoxy) is 2. The van der Waals surface area contributed by atoms with Crippen LogP contribution >= 0.6 is 0 Å². The number of cyclic esters (lactones) is 1. The van der Waals surface area contributed by atoms with E-state index < -0.39 is 5.97 Å². The lowest BCUT2D eigenvalue weighted by Crippen LogP contribution is -2.26. The Hall–Kier alpha value is -3.28. The summed E-state index contributed by atoms with van der Waals surface area (Å²) in [6, 6.07) is 11.8. The van der Waals surface area contributed by atoms with E-state index in [1.165, 1.54) is 77.0 Å². The van der Waals surface area contributed by atoms with Crippen LogP contribution in [0.2, 0.25) is 0 Å². The fraction of sp³-hybridized carbons (Fsp3) is 0.600. The van der Waals surface area contributed by atoms with Gasteiger partial charge in [0, 0.05) is 49.2 Å². The van der Waals surface area contributed by atoms with Crippen molar-refractivity contribution in [1.29, 1.82) is 0 Å². The van der Waals surface area contributed by atoms with Gasteiger partial charge in [0.2, 0.25) is 11.5 Å². The Balaban J connectivity index is 1.58. The Bertz CT molecular complexity index is 1290. The molecule has 2 aromatic carbocycles. The van der Waals surface area contributed by atoms with Gasteiger partial charge in [0.25, 0.3) is 0 Å². The summed E-state index contributed by atoms with van der Waals surface area (Å²) >= 11 is 0. The molecule has 0 N–H and O–H groups in total. The van der Waals surface area contributed by atoms with E-state index in [0.29, 0.717) is 22.4 Å². The Morgan fingerprint density at radius 1 is 0.478 bits per heavy atom. The van der Waals surface area contributed by atoms with Crippen molar-refractivity contribution < 1.29 is 19.1 Å². The number of hydrogen-bond acceptors (Lipinski definition) is 6. The van der Waals surface area contributed by atoms with Crippen molar-refractivity contribution in [3.63, 3.8) is 0 Å². The lowest BCUT2D eigenvalue weighted by Gasteiger charge is -2.25. The number of rotatable bonds is 22. The maximum atomic E-state index is 13.7. The van der Waals surface area contributed by atoms with E-state index in [0.717, 1.165) is 63.2 Å². The van der Waals surface area contributed by atoms with Crippen LogP contribution in [0, 0.1) is 0 Å². The molecule has 2 aliphatic rings. The van der Waals surface area contributed by atoms with E-state index in [1.807, 2.05) is 30.3 Å². The first-order valence-electron chi connectivity index (χ1n) is 18.5. The zero-order valence-electron chi connectivity index (χ0n) is 29.1. The lowest BCUT2D eigenvalue weighted by atomic mass is 10.0. The van der Waals surface area contributed by atoms with Crippen molar-refractivity contribution in [1.82, 2.24) is 0 Å². The van der Waals surface area contributed by atoms with Gasteiger partial charge in [-0.2, -0.15) is 0 Å². The fourth-order valence-corrected chi connectivity index (χ4v) is 6.53. The molecule has 0 radical (unpaired) electrons. The third-order valence-electron chi connectivity index (χ3n) is 9.35. The number of allylic oxidation sites excluding steroid dienone is 1. The summed E-state index contributed by atoms with van der Waals surface area (Å²) in [5.41, 5.74) is 3.81. The maximum absolute atomic E-state index is 13.7. The van der Waals surface area contributed by atoms with Crippen molar-refractivity contribution in [2.24, 2.45) is 0 Å². The predicted molar refractivity (Wildman–Crippen MR) is 191 cm³/mol. The molecule has 252 valence electrons. The third-order valence-corrected chi connectivity index (χ3v) is 9.35. The molecule has 0 spiro atoms. The van der Waals surface area contributed by atoms with Crippen molar-refractivity contribution >= 4 is 28.9 Å². The fourth-order valence-electron chi connectivity index (χ4n) is 6.53. The number of anilines is 2. The second-order valence-electron chi connectivity index (χ2n) is 13.1. The summed E-state index contributed by atoms with van der Waals surface area (Å²) in [4.78, 5) is 31.5. The molecule has 0 bridgehead atoms. The summed E-state index contributed by atoms with van der Waals surface area (Å²) in [6.45, 7) is 12.9. The van der Waals surface area contributed by atoms with Gasteiger partial charge in [-0.25, -0.2) is 4.79 Å². The molecule has 0 saturated heterocycles. The minimum absolute atomic E-state index is 0.117. The van der Waals surface area contributed by atoms with Gasteiger partial charge >= 0.3 is 5.97 Å². The molecule has 0 unspecified atom stereocenters. The number of Topliss-reactive ketones (excluding diaryl/α,β-unsaturated/α-hetero) is 1. The van der Waals surface area contributed by atoms with E-state index in [4.69, 9.17) is 9.47 Å². The molecule has 2 heterocycles. The zero-order valence-corrected chi connectivity index (χ0v) is 29.1. The molecule has 2 aliphatic heterocycles. The van der Waals surface area contributed by atoms with Crippen LogP contribution in [0.5, 0.6) is 5.75 Å². The van der Waals surface area contributed by atoms with Crippen LogP contribution in [-0.2, 0) is 4.74 Å². The van der Waals surface area contributed by atoms with Crippen molar-refractivity contribution in [2.45, 2.75) is 130 Å². The average molecular weight is 631 g/mol. The minimum Gasteiger partial charge on any atom is -0.448 e. The number of nitrogens with zero attached hydrogens (tertiary/aromatic N) is 2. The maximum Gasteiger partial charge on any atom is 0.344 e. The second kappa shape index (κ2) is 18.8. The number of ketones is 1. The number of unbranched alkanes of at least 4 members (excludes halogenated alkanes) is 12. The molecule has 46 heavy (non-hydrogen) atoms. The van der Waals surface area contributed by atoms with Crippen LogP contribution in [-0.4, -0.2) is 37.9 Å². The Kier molecular flexibility index (Phi) is 14.5. The molecule has 2 aromatic rings. The van der Waals surface area contributed by atoms with Gasteiger partial charge in [0.15, 0.2) is 5.76 Å². The highest BCUT2D eigenvalue weighted by molar-refractivity contribution is 6.18. The third kappa shape index (κ3) is 9.39. The summed E-state index contributed by atoms with van der Waals surface area (Å²) in [5.74, 6) is 0.255. The number of fused-ring (bicyclic) bond motifs is 2. The van der Waals surface area contributed by atoms with Crippen molar-refractivity contribution in [2.75, 3.05) is 36.0 Å². The van der Waals surface area contributed by atoms with Gasteiger partial charge in [0.1, 0.15) is 5.75 Å². The number of hydrogen-bond donors (Lipinski definition) is 0. The second-order valence-corrected chi connectivity index (χ2v) is 13.1. The van der Waals surface area contributed by atoms with Crippen LogP contribution in [0.25, 0.3) is 5.76 Å².